The van der Waals surface area contributed by atoms with Crippen LogP contribution in [0.15, 0.2) is 54.7 Å². The van der Waals surface area contributed by atoms with Gasteiger partial charge >= 0.3 is 0 Å². The van der Waals surface area contributed by atoms with E-state index in [2.05, 4.69) is 4.98 Å². The number of ketones is 1. The number of aromatic nitrogens is 1. The van der Waals surface area contributed by atoms with E-state index in [1.807, 2.05) is 48.5 Å². The van der Waals surface area contributed by atoms with Gasteiger partial charge in [-0.05, 0) is 23.8 Å². The van der Waals surface area contributed by atoms with E-state index in [4.69, 9.17) is 4.74 Å². The molecule has 3 nitrogen and oxygen atoms in total. The Labute approximate surface area is 117 Å². The van der Waals surface area contributed by atoms with Crippen molar-refractivity contribution in [1.29, 1.82) is 0 Å². The lowest BCUT2D eigenvalue weighted by atomic mass is 10.0. The van der Waals surface area contributed by atoms with Crippen LogP contribution in [0.4, 0.5) is 0 Å². The van der Waals surface area contributed by atoms with Crippen LogP contribution in [0.25, 0.3) is 10.9 Å². The Bertz CT molecular complexity index is 741. The highest BCUT2D eigenvalue weighted by Gasteiger charge is 2.12. The molecule has 1 N–H and O–H groups in total. The maximum atomic E-state index is 12.4. The average Bonchev–Trinajstić information content (AvgIpc) is 2.92. The SMILES string of the molecule is COc1ccc(CC(=O)c2c[nH]c3ccccc23)cc1. The predicted molar refractivity (Wildman–Crippen MR) is 79.3 cm³/mol. The Hall–Kier alpha value is -2.55. The largest absolute Gasteiger partial charge is 0.497 e. The summed E-state index contributed by atoms with van der Waals surface area (Å²) in [6.45, 7) is 0. The zero-order valence-electron chi connectivity index (χ0n) is 11.2. The Morgan fingerprint density at radius 1 is 1.10 bits per heavy atom. The molecule has 3 rings (SSSR count). The minimum Gasteiger partial charge on any atom is -0.497 e. The van der Waals surface area contributed by atoms with Crippen molar-refractivity contribution in [2.75, 3.05) is 7.11 Å². The van der Waals surface area contributed by atoms with Gasteiger partial charge in [-0.15, -0.1) is 0 Å². The second-order valence-electron chi connectivity index (χ2n) is 4.70. The van der Waals surface area contributed by atoms with Gasteiger partial charge in [0.1, 0.15) is 5.75 Å². The Kier molecular flexibility index (Phi) is 3.25. The molecule has 0 aliphatic rings. The monoisotopic (exact) mass is 265 g/mol. The van der Waals surface area contributed by atoms with E-state index < -0.39 is 0 Å². The van der Waals surface area contributed by atoms with Crippen LogP contribution in [-0.2, 0) is 6.42 Å². The second-order valence-corrected chi connectivity index (χ2v) is 4.70. The number of carbonyl (C=O) groups excluding carboxylic acids is 1. The number of hydrogen-bond acceptors (Lipinski definition) is 2. The van der Waals surface area contributed by atoms with Gasteiger partial charge < -0.3 is 9.72 Å². The van der Waals surface area contributed by atoms with Crippen LogP contribution in [0.5, 0.6) is 5.75 Å². The number of Topliss-reactive ketones (excluding diaryl/α,β-unsaturated/α-hetero) is 1. The Balaban J connectivity index is 1.85. The van der Waals surface area contributed by atoms with Crippen LogP contribution in [0, 0.1) is 0 Å². The molecule has 0 unspecified atom stereocenters. The molecule has 0 saturated carbocycles. The van der Waals surface area contributed by atoms with Crippen LogP contribution in [-0.4, -0.2) is 17.9 Å². The van der Waals surface area contributed by atoms with Crippen molar-refractivity contribution in [3.8, 4) is 5.75 Å². The van der Waals surface area contributed by atoms with Gasteiger partial charge in [0.25, 0.3) is 0 Å². The van der Waals surface area contributed by atoms with Crippen molar-refractivity contribution in [1.82, 2.24) is 4.98 Å². The quantitative estimate of drug-likeness (QED) is 0.732. The lowest BCUT2D eigenvalue weighted by Crippen LogP contribution is -2.02. The molecule has 20 heavy (non-hydrogen) atoms. The highest BCUT2D eigenvalue weighted by Crippen LogP contribution is 2.20. The van der Waals surface area contributed by atoms with Crippen molar-refractivity contribution in [3.05, 3.63) is 65.9 Å². The van der Waals surface area contributed by atoms with Crippen LogP contribution in [0.3, 0.4) is 0 Å². The summed E-state index contributed by atoms with van der Waals surface area (Å²) in [5, 5.41) is 0.978. The predicted octanol–water partition coefficient (Wildman–Crippen LogP) is 3.60. The number of H-pyrrole nitrogens is 1. The van der Waals surface area contributed by atoms with Crippen LogP contribution < -0.4 is 4.74 Å². The smallest absolute Gasteiger partial charge is 0.169 e. The standard InChI is InChI=1S/C17H15NO2/c1-20-13-8-6-12(7-9-13)10-17(19)15-11-18-16-5-3-2-4-14(15)16/h2-9,11,18H,10H2,1H3. The van der Waals surface area contributed by atoms with Gasteiger partial charge in [-0.3, -0.25) is 4.79 Å². The van der Waals surface area contributed by atoms with Crippen molar-refractivity contribution in [3.63, 3.8) is 0 Å². The van der Waals surface area contributed by atoms with Gasteiger partial charge in [-0.2, -0.15) is 0 Å². The second kappa shape index (κ2) is 5.21. The molecular weight excluding hydrogens is 250 g/mol. The molecule has 0 atom stereocenters. The zero-order valence-corrected chi connectivity index (χ0v) is 11.2. The topological polar surface area (TPSA) is 42.1 Å². The van der Waals surface area contributed by atoms with Crippen molar-refractivity contribution >= 4 is 16.7 Å². The average molecular weight is 265 g/mol. The molecule has 2 aromatic carbocycles. The number of carbonyl (C=O) groups is 1. The first-order valence-corrected chi connectivity index (χ1v) is 6.50. The fourth-order valence-electron chi connectivity index (χ4n) is 2.33. The lowest BCUT2D eigenvalue weighted by molar-refractivity contribution is 0.0994. The fourth-order valence-corrected chi connectivity index (χ4v) is 2.33. The van der Waals surface area contributed by atoms with Crippen LogP contribution in [0.2, 0.25) is 0 Å². The van der Waals surface area contributed by atoms with Crippen molar-refractivity contribution in [2.24, 2.45) is 0 Å². The van der Waals surface area contributed by atoms with Gasteiger partial charge in [-0.25, -0.2) is 0 Å². The molecule has 1 aromatic heterocycles. The molecule has 0 fully saturated rings. The molecule has 0 aliphatic heterocycles. The number of aromatic amines is 1. The maximum Gasteiger partial charge on any atom is 0.169 e. The maximum absolute atomic E-state index is 12.4. The molecular formula is C17H15NO2. The summed E-state index contributed by atoms with van der Waals surface area (Å²) in [6, 6.07) is 15.4. The summed E-state index contributed by atoms with van der Waals surface area (Å²) in [5.41, 5.74) is 2.73. The molecule has 0 radical (unpaired) electrons. The number of rotatable bonds is 4. The van der Waals surface area contributed by atoms with Gasteiger partial charge in [-0.1, -0.05) is 30.3 Å². The molecule has 0 amide bonds. The van der Waals surface area contributed by atoms with Gasteiger partial charge in [0, 0.05) is 29.1 Å². The van der Waals surface area contributed by atoms with Crippen molar-refractivity contribution in [2.45, 2.75) is 6.42 Å². The van der Waals surface area contributed by atoms with E-state index in [0.717, 1.165) is 27.8 Å². The van der Waals surface area contributed by atoms with Gasteiger partial charge in [0.05, 0.1) is 7.11 Å². The third kappa shape index (κ3) is 2.30. The fraction of sp³-hybridized carbons (Fsp3) is 0.118. The first kappa shape index (κ1) is 12.5. The molecule has 0 aliphatic carbocycles. The number of nitrogens with one attached hydrogen (secondary N) is 1. The van der Waals surface area contributed by atoms with E-state index in [1.54, 1.807) is 13.3 Å². The summed E-state index contributed by atoms with van der Waals surface area (Å²) in [7, 11) is 1.63. The van der Waals surface area contributed by atoms with E-state index in [9.17, 15) is 4.79 Å². The lowest BCUT2D eigenvalue weighted by Gasteiger charge is -2.03. The van der Waals surface area contributed by atoms with E-state index in [1.165, 1.54) is 0 Å². The summed E-state index contributed by atoms with van der Waals surface area (Å²) in [5.74, 6) is 0.918. The molecule has 1 heterocycles. The third-order valence-corrected chi connectivity index (χ3v) is 3.41. The minimum atomic E-state index is 0.118. The molecule has 0 spiro atoms. The van der Waals surface area contributed by atoms with E-state index in [-0.39, 0.29) is 5.78 Å². The van der Waals surface area contributed by atoms with Crippen LogP contribution in [0.1, 0.15) is 15.9 Å². The minimum absolute atomic E-state index is 0.118. The summed E-state index contributed by atoms with van der Waals surface area (Å²) in [6.07, 6.45) is 2.18. The Morgan fingerprint density at radius 3 is 2.60 bits per heavy atom. The van der Waals surface area contributed by atoms with E-state index in [0.29, 0.717) is 6.42 Å². The number of benzene rings is 2. The Morgan fingerprint density at radius 2 is 1.85 bits per heavy atom. The molecule has 100 valence electrons. The number of fused-ring (bicyclic) bond motifs is 1. The number of para-hydroxylation sites is 1. The number of hydrogen-bond donors (Lipinski definition) is 1. The third-order valence-electron chi connectivity index (χ3n) is 3.41. The first-order valence-electron chi connectivity index (χ1n) is 6.50. The summed E-state index contributed by atoms with van der Waals surface area (Å²) < 4.78 is 5.11. The summed E-state index contributed by atoms with van der Waals surface area (Å²) >= 11 is 0. The molecule has 3 aromatic rings. The number of methoxy groups -OCH3 is 1. The molecule has 0 bridgehead atoms. The first-order chi connectivity index (χ1) is 9.78. The van der Waals surface area contributed by atoms with Crippen LogP contribution >= 0.6 is 0 Å². The zero-order chi connectivity index (χ0) is 13.9. The van der Waals surface area contributed by atoms with E-state index >= 15 is 0 Å². The molecule has 3 heteroatoms. The van der Waals surface area contributed by atoms with Crippen molar-refractivity contribution < 1.29 is 9.53 Å². The summed E-state index contributed by atoms with van der Waals surface area (Å²) in [4.78, 5) is 15.5. The normalized spacial score (nSPS) is 10.7. The number of ether oxygens (including phenoxy) is 1. The van der Waals surface area contributed by atoms with Gasteiger partial charge in [0.2, 0.25) is 0 Å². The van der Waals surface area contributed by atoms with Gasteiger partial charge in [0.15, 0.2) is 5.78 Å². The highest BCUT2D eigenvalue weighted by molar-refractivity contribution is 6.08. The highest BCUT2D eigenvalue weighted by atomic mass is 16.5. The molecule has 0 saturated heterocycles.